The van der Waals surface area contributed by atoms with E-state index in [1.165, 1.54) is 13.1 Å². The van der Waals surface area contributed by atoms with Crippen LogP contribution in [0.15, 0.2) is 63.9 Å². The minimum absolute atomic E-state index is 0.150. The molecule has 2 heterocycles. The molecule has 0 atom stereocenters. The van der Waals surface area contributed by atoms with E-state index in [0.717, 1.165) is 33.6 Å². The quantitative estimate of drug-likeness (QED) is 0.538. The van der Waals surface area contributed by atoms with Gasteiger partial charge in [-0.1, -0.05) is 18.2 Å². The molecule has 31 heavy (non-hydrogen) atoms. The van der Waals surface area contributed by atoms with Crippen molar-refractivity contribution in [2.45, 2.75) is 6.92 Å². The molecule has 0 unspecified atom stereocenters. The van der Waals surface area contributed by atoms with E-state index in [1.54, 1.807) is 36.5 Å². The Labute approximate surface area is 175 Å². The number of carbonyl (C=O) groups excluding carboxylic acids is 1. The zero-order chi connectivity index (χ0) is 22.1. The largest absolute Gasteiger partial charge is 0.437 e. The van der Waals surface area contributed by atoms with Crippen molar-refractivity contribution in [1.29, 1.82) is 0 Å². The van der Waals surface area contributed by atoms with Crippen LogP contribution in [-0.2, 0) is 7.05 Å². The van der Waals surface area contributed by atoms with Crippen LogP contribution in [0.3, 0.4) is 0 Å². The van der Waals surface area contributed by atoms with E-state index >= 15 is 0 Å². The summed E-state index contributed by atoms with van der Waals surface area (Å²) in [5, 5.41) is 6.51. The van der Waals surface area contributed by atoms with Crippen LogP contribution in [0.5, 0.6) is 0 Å². The van der Waals surface area contributed by atoms with Gasteiger partial charge in [-0.15, -0.1) is 5.10 Å². The predicted molar refractivity (Wildman–Crippen MR) is 109 cm³/mol. The number of aryl methyl sites for hydroxylation is 2. The number of amides is 1. The lowest BCUT2D eigenvalue weighted by Gasteiger charge is -2.10. The first-order valence-electron chi connectivity index (χ1n) is 9.20. The normalized spacial score (nSPS) is 10.8. The van der Waals surface area contributed by atoms with Gasteiger partial charge in [0.15, 0.2) is 0 Å². The Balaban J connectivity index is 1.60. The molecule has 1 N–H and O–H groups in total. The van der Waals surface area contributed by atoms with Crippen LogP contribution in [0, 0.1) is 18.6 Å². The van der Waals surface area contributed by atoms with Gasteiger partial charge >= 0.3 is 5.76 Å². The molecular formula is C22H16F2N4O3. The van der Waals surface area contributed by atoms with E-state index in [4.69, 9.17) is 4.42 Å². The van der Waals surface area contributed by atoms with Crippen molar-refractivity contribution in [3.05, 3.63) is 88.2 Å². The Morgan fingerprint density at radius 3 is 2.35 bits per heavy atom. The standard InChI is InChI=1S/C22H16F2N4O3/c1-12-16(10-14(11-25-12)21-27-28(2)22(30)31-21)13-6-8-15(9-7-13)26-20(29)19-17(23)4-3-5-18(19)24/h3-11H,1-2H3,(H,26,29). The fraction of sp³-hybridized carbons (Fsp3) is 0.0909. The van der Waals surface area contributed by atoms with Crippen LogP contribution in [0.25, 0.3) is 22.6 Å². The Hall–Kier alpha value is -4.14. The smallest absolute Gasteiger partial charge is 0.388 e. The number of benzene rings is 2. The monoisotopic (exact) mass is 422 g/mol. The van der Waals surface area contributed by atoms with E-state index < -0.39 is 28.9 Å². The van der Waals surface area contributed by atoms with Crippen LogP contribution >= 0.6 is 0 Å². The predicted octanol–water partition coefficient (Wildman–Crippen LogP) is 3.94. The van der Waals surface area contributed by atoms with Gasteiger partial charge in [0.05, 0.1) is 5.56 Å². The highest BCUT2D eigenvalue weighted by molar-refractivity contribution is 6.04. The van der Waals surface area contributed by atoms with Gasteiger partial charge < -0.3 is 9.73 Å². The van der Waals surface area contributed by atoms with Crippen LogP contribution < -0.4 is 11.1 Å². The van der Waals surface area contributed by atoms with E-state index in [9.17, 15) is 18.4 Å². The second-order valence-electron chi connectivity index (χ2n) is 6.78. The number of rotatable bonds is 4. The molecule has 0 aliphatic rings. The van der Waals surface area contributed by atoms with Crippen LogP contribution in [0.4, 0.5) is 14.5 Å². The highest BCUT2D eigenvalue weighted by atomic mass is 19.1. The van der Waals surface area contributed by atoms with E-state index in [-0.39, 0.29) is 5.89 Å². The lowest BCUT2D eigenvalue weighted by Crippen LogP contribution is -2.15. The molecule has 156 valence electrons. The van der Waals surface area contributed by atoms with Crippen LogP contribution in [-0.4, -0.2) is 20.7 Å². The SMILES string of the molecule is Cc1ncc(-c2nn(C)c(=O)o2)cc1-c1ccc(NC(=O)c2c(F)cccc2F)cc1. The number of pyridine rings is 1. The molecule has 0 radical (unpaired) electrons. The van der Waals surface area contributed by atoms with Crippen LogP contribution in [0.1, 0.15) is 16.1 Å². The van der Waals surface area contributed by atoms with Gasteiger partial charge in [0.2, 0.25) is 0 Å². The summed E-state index contributed by atoms with van der Waals surface area (Å²) in [5.41, 5.74) is 2.53. The van der Waals surface area contributed by atoms with Crippen molar-refractivity contribution in [3.8, 4) is 22.6 Å². The molecule has 2 aromatic carbocycles. The molecule has 9 heteroatoms. The molecule has 0 bridgehead atoms. The van der Waals surface area contributed by atoms with Crippen molar-refractivity contribution in [2.75, 3.05) is 5.32 Å². The molecule has 4 aromatic rings. The van der Waals surface area contributed by atoms with Crippen LogP contribution in [0.2, 0.25) is 0 Å². The molecule has 0 saturated carbocycles. The van der Waals surface area contributed by atoms with Gasteiger partial charge in [-0.3, -0.25) is 9.78 Å². The van der Waals surface area contributed by atoms with Crippen molar-refractivity contribution in [1.82, 2.24) is 14.8 Å². The number of nitrogens with zero attached hydrogens (tertiary/aromatic N) is 3. The molecule has 1 amide bonds. The summed E-state index contributed by atoms with van der Waals surface area (Å²) >= 11 is 0. The third-order valence-electron chi connectivity index (χ3n) is 4.67. The Morgan fingerprint density at radius 2 is 1.74 bits per heavy atom. The van der Waals surface area contributed by atoms with Gasteiger partial charge in [-0.05, 0) is 42.8 Å². The summed E-state index contributed by atoms with van der Waals surface area (Å²) in [6, 6.07) is 11.7. The van der Waals surface area contributed by atoms with Gasteiger partial charge in [0, 0.05) is 30.2 Å². The molecule has 2 aromatic heterocycles. The van der Waals surface area contributed by atoms with Crippen molar-refractivity contribution in [2.24, 2.45) is 7.05 Å². The topological polar surface area (TPSA) is 90.0 Å². The third-order valence-corrected chi connectivity index (χ3v) is 4.67. The molecule has 0 aliphatic heterocycles. The minimum atomic E-state index is -0.936. The number of halogens is 2. The maximum Gasteiger partial charge on any atom is 0.437 e. The molecule has 7 nitrogen and oxygen atoms in total. The average Bonchev–Trinajstić information content (AvgIpc) is 3.07. The second kappa shape index (κ2) is 7.94. The van der Waals surface area contributed by atoms with Gasteiger partial charge in [0.1, 0.15) is 17.2 Å². The highest BCUT2D eigenvalue weighted by Crippen LogP contribution is 2.28. The molecule has 0 saturated heterocycles. The molecule has 0 fully saturated rings. The number of carbonyl (C=O) groups is 1. The summed E-state index contributed by atoms with van der Waals surface area (Å²) < 4.78 is 33.8. The van der Waals surface area contributed by atoms with Gasteiger partial charge in [-0.2, -0.15) is 4.68 Å². The number of nitrogens with one attached hydrogen (secondary N) is 1. The third kappa shape index (κ3) is 3.97. The second-order valence-corrected chi connectivity index (χ2v) is 6.78. The molecule has 4 rings (SSSR count). The number of hydrogen-bond acceptors (Lipinski definition) is 5. The first-order chi connectivity index (χ1) is 14.8. The summed E-state index contributed by atoms with van der Waals surface area (Å²) in [7, 11) is 1.48. The van der Waals surface area contributed by atoms with Gasteiger partial charge in [-0.25, -0.2) is 13.6 Å². The Morgan fingerprint density at radius 1 is 1.06 bits per heavy atom. The molecule has 0 spiro atoms. The van der Waals surface area contributed by atoms with Gasteiger partial charge in [0.25, 0.3) is 11.8 Å². The summed E-state index contributed by atoms with van der Waals surface area (Å²) in [6.07, 6.45) is 1.56. The summed E-state index contributed by atoms with van der Waals surface area (Å²) in [5.74, 6) is -3.18. The van der Waals surface area contributed by atoms with E-state index in [2.05, 4.69) is 15.4 Å². The number of aromatic nitrogens is 3. The highest BCUT2D eigenvalue weighted by Gasteiger charge is 2.17. The first kappa shape index (κ1) is 20.1. The average molecular weight is 422 g/mol. The number of anilines is 1. The molecular weight excluding hydrogens is 406 g/mol. The Bertz CT molecular complexity index is 1320. The fourth-order valence-corrected chi connectivity index (χ4v) is 3.05. The first-order valence-corrected chi connectivity index (χ1v) is 9.20. The zero-order valence-corrected chi connectivity index (χ0v) is 16.5. The Kier molecular flexibility index (Phi) is 5.16. The van der Waals surface area contributed by atoms with Crippen molar-refractivity contribution >= 4 is 11.6 Å². The zero-order valence-electron chi connectivity index (χ0n) is 16.5. The molecule has 0 aliphatic carbocycles. The fourth-order valence-electron chi connectivity index (χ4n) is 3.05. The van der Waals surface area contributed by atoms with Crippen molar-refractivity contribution in [3.63, 3.8) is 0 Å². The summed E-state index contributed by atoms with van der Waals surface area (Å²) in [6.45, 7) is 1.82. The van der Waals surface area contributed by atoms with Crippen molar-refractivity contribution < 1.29 is 18.0 Å². The van der Waals surface area contributed by atoms with E-state index in [1.807, 2.05) is 6.92 Å². The van der Waals surface area contributed by atoms with E-state index in [0.29, 0.717) is 11.3 Å². The summed E-state index contributed by atoms with van der Waals surface area (Å²) in [4.78, 5) is 28.1. The minimum Gasteiger partial charge on any atom is -0.388 e. The maximum absolute atomic E-state index is 13.8. The lowest BCUT2D eigenvalue weighted by atomic mass is 10.0. The maximum atomic E-state index is 13.8. The lowest BCUT2D eigenvalue weighted by molar-refractivity contribution is 0.101. The number of hydrogen-bond donors (Lipinski definition) is 1.